The predicted octanol–water partition coefficient (Wildman–Crippen LogP) is 3.85. The van der Waals surface area contributed by atoms with Gasteiger partial charge in [0.05, 0.1) is 36.8 Å². The van der Waals surface area contributed by atoms with Crippen molar-refractivity contribution in [2.75, 3.05) is 23.5 Å². The molecule has 0 N–H and O–H groups in total. The molecule has 0 spiro atoms. The number of hydrogen-bond donors (Lipinski definition) is 0. The maximum Gasteiger partial charge on any atom is 0.252 e. The van der Waals surface area contributed by atoms with Crippen molar-refractivity contribution >= 4 is 61.6 Å². The molecule has 6 nitrogen and oxygen atoms in total. The maximum absolute atomic E-state index is 12.7. The zero-order valence-corrected chi connectivity index (χ0v) is 19.1. The number of ether oxygens (including phenoxy) is 1. The molecule has 4 rings (SSSR count). The Morgan fingerprint density at radius 2 is 2.00 bits per heavy atom. The fourth-order valence-corrected chi connectivity index (χ4v) is 7.94. The summed E-state index contributed by atoms with van der Waals surface area (Å²) in [6.45, 7) is 0. The average Bonchev–Trinajstić information content (AvgIpc) is 3.14. The molecule has 158 valence electrons. The van der Waals surface area contributed by atoms with Crippen LogP contribution < -0.4 is 9.64 Å². The topological polar surface area (TPSA) is 76.0 Å². The zero-order chi connectivity index (χ0) is 21.5. The van der Waals surface area contributed by atoms with Gasteiger partial charge in [0, 0.05) is 15.3 Å². The molecule has 30 heavy (non-hydrogen) atoms. The van der Waals surface area contributed by atoms with Gasteiger partial charge < -0.3 is 9.64 Å². The van der Waals surface area contributed by atoms with E-state index in [1.165, 1.54) is 18.9 Å². The molecule has 2 fully saturated rings. The number of amidine groups is 1. The lowest BCUT2D eigenvalue weighted by atomic mass is 10.1. The molecule has 0 aromatic heterocycles. The number of carbonyl (C=O) groups is 1. The standard InChI is InChI=1S/C20H18Cl2N2O4S2/c1-28-17-7-6-13(21)9-15(17)24-16-10-30(26,27)11-18(16)29-20(24)23-19(25)8-12-4-2-3-5-14(12)22/h2-7,9,16,18H,8,10-11H2,1H3/t16-,18-/m0/s1. The van der Waals surface area contributed by atoms with Gasteiger partial charge in [-0.1, -0.05) is 53.2 Å². The number of fused-ring (bicyclic) bond motifs is 1. The van der Waals surface area contributed by atoms with Crippen LogP contribution >= 0.6 is 35.0 Å². The van der Waals surface area contributed by atoms with Crippen molar-refractivity contribution < 1.29 is 17.9 Å². The minimum absolute atomic E-state index is 0.0158. The monoisotopic (exact) mass is 484 g/mol. The number of carbonyl (C=O) groups excluding carboxylic acids is 1. The third-order valence-corrected chi connectivity index (χ3v) is 8.80. The lowest BCUT2D eigenvalue weighted by Gasteiger charge is -2.26. The van der Waals surface area contributed by atoms with Gasteiger partial charge in [-0.25, -0.2) is 8.42 Å². The number of thioether (sulfide) groups is 1. The van der Waals surface area contributed by atoms with E-state index in [-0.39, 0.29) is 35.1 Å². The summed E-state index contributed by atoms with van der Waals surface area (Å²) < 4.78 is 29.9. The van der Waals surface area contributed by atoms with Crippen LogP contribution in [0.4, 0.5) is 5.69 Å². The minimum atomic E-state index is -3.18. The molecule has 0 bridgehead atoms. The predicted molar refractivity (Wildman–Crippen MR) is 122 cm³/mol. The fraction of sp³-hybridized carbons (Fsp3) is 0.300. The number of nitrogens with zero attached hydrogens (tertiary/aromatic N) is 2. The molecule has 2 aliphatic rings. The summed E-state index contributed by atoms with van der Waals surface area (Å²) in [7, 11) is -1.65. The van der Waals surface area contributed by atoms with E-state index in [0.29, 0.717) is 32.2 Å². The van der Waals surface area contributed by atoms with Crippen molar-refractivity contribution in [2.24, 2.45) is 4.99 Å². The van der Waals surface area contributed by atoms with E-state index in [4.69, 9.17) is 27.9 Å². The number of hydrogen-bond acceptors (Lipinski definition) is 5. The number of aliphatic imine (C=N–C) groups is 1. The molecule has 0 aliphatic carbocycles. The van der Waals surface area contributed by atoms with Crippen molar-refractivity contribution in [2.45, 2.75) is 17.7 Å². The van der Waals surface area contributed by atoms with Gasteiger partial charge in [-0.3, -0.25) is 4.79 Å². The number of sulfone groups is 1. The number of methoxy groups -OCH3 is 1. The number of anilines is 1. The summed E-state index contributed by atoms with van der Waals surface area (Å²) in [4.78, 5) is 18.8. The summed E-state index contributed by atoms with van der Waals surface area (Å²) in [6, 6.07) is 11.9. The van der Waals surface area contributed by atoms with Crippen LogP contribution in [0.25, 0.3) is 0 Å². The van der Waals surface area contributed by atoms with E-state index in [1.54, 1.807) is 41.3 Å². The van der Waals surface area contributed by atoms with Crippen LogP contribution in [0.5, 0.6) is 5.75 Å². The molecule has 2 aromatic rings. The summed E-state index contributed by atoms with van der Waals surface area (Å²) >= 11 is 13.7. The van der Waals surface area contributed by atoms with Crippen LogP contribution in [-0.2, 0) is 21.1 Å². The number of benzene rings is 2. The molecule has 10 heteroatoms. The highest BCUT2D eigenvalue weighted by Gasteiger charge is 2.50. The lowest BCUT2D eigenvalue weighted by Crippen LogP contribution is -2.38. The van der Waals surface area contributed by atoms with Gasteiger partial charge in [0.25, 0.3) is 5.91 Å². The van der Waals surface area contributed by atoms with E-state index in [0.717, 1.165) is 0 Å². The highest BCUT2D eigenvalue weighted by Crippen LogP contribution is 2.44. The van der Waals surface area contributed by atoms with E-state index < -0.39 is 9.84 Å². The quantitative estimate of drug-likeness (QED) is 0.655. The smallest absolute Gasteiger partial charge is 0.252 e. The number of halogens is 2. The molecule has 0 radical (unpaired) electrons. The Balaban J connectivity index is 1.71. The van der Waals surface area contributed by atoms with Crippen molar-refractivity contribution in [3.05, 3.63) is 58.1 Å². The van der Waals surface area contributed by atoms with E-state index >= 15 is 0 Å². The molecule has 2 heterocycles. The van der Waals surface area contributed by atoms with Gasteiger partial charge in [0.2, 0.25) is 0 Å². The third-order valence-electron chi connectivity index (χ3n) is 4.99. The first-order chi connectivity index (χ1) is 14.3. The molecule has 2 aliphatic heterocycles. The molecule has 0 unspecified atom stereocenters. The summed E-state index contributed by atoms with van der Waals surface area (Å²) in [5.41, 5.74) is 1.28. The highest BCUT2D eigenvalue weighted by molar-refractivity contribution is 8.16. The van der Waals surface area contributed by atoms with Gasteiger partial charge >= 0.3 is 0 Å². The Morgan fingerprint density at radius 1 is 1.23 bits per heavy atom. The van der Waals surface area contributed by atoms with Gasteiger partial charge in [-0.15, -0.1) is 0 Å². The normalized spacial score (nSPS) is 23.6. The molecular formula is C20H18Cl2N2O4S2. The molecule has 0 saturated carbocycles. The minimum Gasteiger partial charge on any atom is -0.495 e. The number of rotatable bonds is 4. The lowest BCUT2D eigenvalue weighted by molar-refractivity contribution is -0.117. The Bertz CT molecular complexity index is 1140. The Labute approximate surface area is 189 Å². The Morgan fingerprint density at radius 3 is 2.73 bits per heavy atom. The first-order valence-corrected chi connectivity index (χ1v) is 12.6. The molecular weight excluding hydrogens is 467 g/mol. The fourth-order valence-electron chi connectivity index (χ4n) is 3.65. The SMILES string of the molecule is COc1ccc(Cl)cc1N1C(=NC(=O)Cc2ccccc2Cl)S[C@H]2CS(=O)(=O)C[C@@H]21. The van der Waals surface area contributed by atoms with Crippen molar-refractivity contribution in [3.63, 3.8) is 0 Å². The van der Waals surface area contributed by atoms with Gasteiger partial charge in [0.1, 0.15) is 5.75 Å². The second-order valence-electron chi connectivity index (χ2n) is 7.04. The molecule has 2 saturated heterocycles. The van der Waals surface area contributed by atoms with Crippen molar-refractivity contribution in [1.82, 2.24) is 0 Å². The maximum atomic E-state index is 12.7. The Kier molecular flexibility index (Phi) is 6.03. The van der Waals surface area contributed by atoms with Crippen LogP contribution in [0.2, 0.25) is 10.0 Å². The van der Waals surface area contributed by atoms with E-state index in [9.17, 15) is 13.2 Å². The van der Waals surface area contributed by atoms with Crippen LogP contribution in [0.15, 0.2) is 47.5 Å². The largest absolute Gasteiger partial charge is 0.495 e. The van der Waals surface area contributed by atoms with Crippen LogP contribution in [0, 0.1) is 0 Å². The summed E-state index contributed by atoms with van der Waals surface area (Å²) in [5, 5.41) is 1.20. The van der Waals surface area contributed by atoms with Crippen molar-refractivity contribution in [1.29, 1.82) is 0 Å². The second kappa shape index (κ2) is 8.42. The van der Waals surface area contributed by atoms with E-state index in [1.807, 2.05) is 6.07 Å². The molecule has 2 aromatic carbocycles. The summed E-state index contributed by atoms with van der Waals surface area (Å²) in [6.07, 6.45) is 0.0535. The average molecular weight is 485 g/mol. The summed E-state index contributed by atoms with van der Waals surface area (Å²) in [5.74, 6) is 0.188. The van der Waals surface area contributed by atoms with Crippen LogP contribution in [0.1, 0.15) is 5.56 Å². The van der Waals surface area contributed by atoms with Crippen LogP contribution in [-0.4, -0.2) is 49.4 Å². The number of amides is 1. The first kappa shape index (κ1) is 21.5. The van der Waals surface area contributed by atoms with Gasteiger partial charge in [-0.05, 0) is 29.8 Å². The third kappa shape index (κ3) is 4.32. The highest BCUT2D eigenvalue weighted by atomic mass is 35.5. The second-order valence-corrected chi connectivity index (χ2v) is 11.2. The zero-order valence-electron chi connectivity index (χ0n) is 15.9. The molecule has 1 amide bonds. The van der Waals surface area contributed by atoms with Crippen LogP contribution in [0.3, 0.4) is 0 Å². The van der Waals surface area contributed by atoms with Gasteiger partial charge in [-0.2, -0.15) is 4.99 Å². The molecule has 2 atom stereocenters. The van der Waals surface area contributed by atoms with E-state index in [2.05, 4.69) is 4.99 Å². The Hall–Kier alpha value is -1.74. The van der Waals surface area contributed by atoms with Crippen molar-refractivity contribution in [3.8, 4) is 5.75 Å². The van der Waals surface area contributed by atoms with Gasteiger partial charge in [0.15, 0.2) is 15.0 Å². The first-order valence-electron chi connectivity index (χ1n) is 9.12.